The molecule has 0 spiro atoms. The number of thiazole rings is 1. The van der Waals surface area contributed by atoms with Gasteiger partial charge in [-0.25, -0.2) is 4.98 Å². The van der Waals surface area contributed by atoms with E-state index in [4.69, 9.17) is 14.5 Å². The number of benzene rings is 1. The molecule has 6 rings (SSSR count). The summed E-state index contributed by atoms with van der Waals surface area (Å²) in [6, 6.07) is 8.13. The van der Waals surface area contributed by atoms with E-state index in [1.54, 1.807) is 18.4 Å². The van der Waals surface area contributed by atoms with Crippen LogP contribution in [0.3, 0.4) is 0 Å². The monoisotopic (exact) mass is 533 g/mol. The van der Waals surface area contributed by atoms with E-state index in [0.717, 1.165) is 60.4 Å². The first-order chi connectivity index (χ1) is 18.5. The third kappa shape index (κ3) is 4.53. The van der Waals surface area contributed by atoms with Crippen molar-refractivity contribution in [3.63, 3.8) is 0 Å². The number of rotatable bonds is 3. The third-order valence-corrected chi connectivity index (χ3v) is 10.9. The molecule has 2 fully saturated rings. The van der Waals surface area contributed by atoms with Crippen LogP contribution in [0.5, 0.6) is 5.75 Å². The highest BCUT2D eigenvalue weighted by atomic mass is 32.1. The molecule has 0 N–H and O–H groups in total. The highest BCUT2D eigenvalue weighted by molar-refractivity contribution is 7.15. The molecule has 1 aromatic carbocycles. The maximum atomic E-state index is 13.9. The Kier molecular flexibility index (Phi) is 7.19. The van der Waals surface area contributed by atoms with Crippen molar-refractivity contribution in [1.29, 1.82) is 0 Å². The Morgan fingerprint density at radius 1 is 1.03 bits per heavy atom. The molecule has 1 saturated heterocycles. The molecule has 2 heterocycles. The lowest BCUT2D eigenvalue weighted by Crippen LogP contribution is -2.32. The Hall–Kier alpha value is -2.47. The molecule has 38 heavy (non-hydrogen) atoms. The zero-order valence-corrected chi connectivity index (χ0v) is 23.6. The molecular formula is C32H39NO4S. The largest absolute Gasteiger partial charge is 0.497 e. The smallest absolute Gasteiger partial charge is 0.306 e. The molecule has 0 bridgehead atoms. The fraction of sp³-hybridized carbons (Fsp3) is 0.594. The number of hydrogen-bond acceptors (Lipinski definition) is 6. The summed E-state index contributed by atoms with van der Waals surface area (Å²) >= 11 is 1.77. The Bertz CT molecular complexity index is 1230. The fourth-order valence-corrected chi connectivity index (χ4v) is 9.00. The molecule has 0 radical (unpaired) electrons. The van der Waals surface area contributed by atoms with Crippen LogP contribution in [-0.2, 0) is 14.3 Å². The fourth-order valence-electron chi connectivity index (χ4n) is 7.64. The number of methoxy groups -OCH3 is 1. The standard InChI is InChI=1S/C32H39NO4S/c1-4-20-9-6-5-8-18(2)30(35)26-16-24-22-10-7-11-23(22)29-31(28(24)25(26)17-27(34)37-20)38-32(33-29)19-12-14-21(36-3)15-13-19/h12-16,18,20,22-25,28H,4-11,17H2,1-3H3/t18-,20+,22-,23?,24?,25-,28?/m1/s1. The van der Waals surface area contributed by atoms with Crippen LogP contribution in [0.4, 0.5) is 0 Å². The highest BCUT2D eigenvalue weighted by Gasteiger charge is 2.53. The van der Waals surface area contributed by atoms with E-state index in [9.17, 15) is 9.59 Å². The van der Waals surface area contributed by atoms with E-state index in [1.807, 2.05) is 12.1 Å². The van der Waals surface area contributed by atoms with E-state index in [0.29, 0.717) is 17.8 Å². The number of carbonyl (C=O) groups excluding carboxylic acids is 2. The van der Waals surface area contributed by atoms with Crippen LogP contribution in [0.25, 0.3) is 10.6 Å². The first-order valence-corrected chi connectivity index (χ1v) is 15.4. The van der Waals surface area contributed by atoms with Crippen LogP contribution >= 0.6 is 11.3 Å². The number of aromatic nitrogens is 1. The summed E-state index contributed by atoms with van der Waals surface area (Å²) in [4.78, 5) is 33.7. The lowest BCUT2D eigenvalue weighted by molar-refractivity contribution is -0.150. The van der Waals surface area contributed by atoms with Crippen molar-refractivity contribution < 1.29 is 19.1 Å². The van der Waals surface area contributed by atoms with Gasteiger partial charge in [0.1, 0.15) is 16.9 Å². The number of ether oxygens (including phenoxy) is 2. The van der Waals surface area contributed by atoms with Gasteiger partial charge in [0.15, 0.2) is 5.78 Å². The van der Waals surface area contributed by atoms with Crippen LogP contribution in [0.15, 0.2) is 35.9 Å². The Morgan fingerprint density at radius 3 is 2.58 bits per heavy atom. The Balaban J connectivity index is 1.41. The first kappa shape index (κ1) is 25.8. The van der Waals surface area contributed by atoms with Crippen LogP contribution in [0.1, 0.15) is 94.0 Å². The Morgan fingerprint density at radius 2 is 1.82 bits per heavy atom. The molecule has 3 aliphatic carbocycles. The second-order valence-electron chi connectivity index (χ2n) is 11.8. The van der Waals surface area contributed by atoms with E-state index in [-0.39, 0.29) is 42.0 Å². The molecule has 4 aliphatic rings. The molecule has 5 nitrogen and oxygen atoms in total. The van der Waals surface area contributed by atoms with E-state index < -0.39 is 0 Å². The van der Waals surface area contributed by atoms with Gasteiger partial charge in [0.05, 0.1) is 19.2 Å². The van der Waals surface area contributed by atoms with Crippen molar-refractivity contribution in [3.05, 3.63) is 46.5 Å². The van der Waals surface area contributed by atoms with Gasteiger partial charge in [-0.3, -0.25) is 9.59 Å². The number of cyclic esters (lactones) is 1. The summed E-state index contributed by atoms with van der Waals surface area (Å²) in [6.45, 7) is 4.18. The van der Waals surface area contributed by atoms with E-state index >= 15 is 0 Å². The molecule has 3 unspecified atom stereocenters. The summed E-state index contributed by atoms with van der Waals surface area (Å²) < 4.78 is 11.4. The molecule has 202 valence electrons. The minimum atomic E-state index is -0.149. The second-order valence-corrected chi connectivity index (χ2v) is 12.8. The Labute approximate surface area is 230 Å². The minimum Gasteiger partial charge on any atom is -0.497 e. The summed E-state index contributed by atoms with van der Waals surface area (Å²) in [5, 5.41) is 1.03. The highest BCUT2D eigenvalue weighted by Crippen LogP contribution is 2.62. The predicted molar refractivity (Wildman–Crippen MR) is 149 cm³/mol. The lowest BCUT2D eigenvalue weighted by atomic mass is 9.68. The minimum absolute atomic E-state index is 0.00501. The van der Waals surface area contributed by atoms with Crippen molar-refractivity contribution in [2.45, 2.75) is 89.6 Å². The number of Topliss-reactive ketones (excluding diaryl/α,β-unsaturated/α-hetero) is 1. The van der Waals surface area contributed by atoms with Crippen molar-refractivity contribution in [2.75, 3.05) is 7.11 Å². The average molecular weight is 534 g/mol. The molecule has 0 amide bonds. The number of esters is 1. The zero-order valence-electron chi connectivity index (χ0n) is 22.8. The van der Waals surface area contributed by atoms with Crippen molar-refractivity contribution in [3.8, 4) is 16.3 Å². The maximum Gasteiger partial charge on any atom is 0.306 e. The van der Waals surface area contributed by atoms with Gasteiger partial charge in [-0.05, 0) is 80.2 Å². The second kappa shape index (κ2) is 10.6. The predicted octanol–water partition coefficient (Wildman–Crippen LogP) is 7.46. The van der Waals surface area contributed by atoms with Gasteiger partial charge in [0.25, 0.3) is 0 Å². The number of allylic oxidation sites excluding steroid dienone is 2. The molecule has 1 aromatic heterocycles. The van der Waals surface area contributed by atoms with Crippen molar-refractivity contribution >= 4 is 23.1 Å². The van der Waals surface area contributed by atoms with Crippen LogP contribution in [-0.4, -0.2) is 30.0 Å². The quantitative estimate of drug-likeness (QED) is 0.383. The third-order valence-electron chi connectivity index (χ3n) is 9.64. The molecule has 6 heteroatoms. The summed E-state index contributed by atoms with van der Waals surface area (Å²) in [5.74, 6) is 2.18. The van der Waals surface area contributed by atoms with Crippen molar-refractivity contribution in [2.24, 2.45) is 23.7 Å². The summed E-state index contributed by atoms with van der Waals surface area (Å²) in [7, 11) is 1.68. The molecule has 1 saturated carbocycles. The van der Waals surface area contributed by atoms with Crippen molar-refractivity contribution in [1.82, 2.24) is 4.98 Å². The number of carbonyl (C=O) groups is 2. The lowest BCUT2D eigenvalue weighted by Gasteiger charge is -2.37. The van der Waals surface area contributed by atoms with Gasteiger partial charge < -0.3 is 9.47 Å². The van der Waals surface area contributed by atoms with Crippen LogP contribution < -0.4 is 4.74 Å². The SMILES string of the molecule is CC[C@H]1CCCC[C@@H](C)C(=O)C2=CC3C(c4sc(-c5ccc(OC)cc5)nc4C4CCC[C@H]43)[C@@H]2CC(=O)O1. The van der Waals surface area contributed by atoms with Gasteiger partial charge in [-0.2, -0.15) is 0 Å². The van der Waals surface area contributed by atoms with Crippen LogP contribution in [0, 0.1) is 23.7 Å². The number of ketones is 1. The maximum absolute atomic E-state index is 13.9. The molecule has 7 atom stereocenters. The van der Waals surface area contributed by atoms with E-state index in [2.05, 4.69) is 32.1 Å². The number of nitrogens with zero attached hydrogens (tertiary/aromatic N) is 1. The zero-order chi connectivity index (χ0) is 26.4. The van der Waals surface area contributed by atoms with Crippen LogP contribution in [0.2, 0.25) is 0 Å². The van der Waals surface area contributed by atoms with Gasteiger partial charge in [-0.15, -0.1) is 11.3 Å². The summed E-state index contributed by atoms with van der Waals surface area (Å²) in [5.41, 5.74) is 3.22. The van der Waals surface area contributed by atoms with Gasteiger partial charge in [-0.1, -0.05) is 32.8 Å². The average Bonchev–Trinajstić information content (AvgIpc) is 3.66. The molecular weight excluding hydrogens is 494 g/mol. The first-order valence-electron chi connectivity index (χ1n) is 14.6. The normalized spacial score (nSPS) is 33.1. The van der Waals surface area contributed by atoms with E-state index in [1.165, 1.54) is 23.4 Å². The summed E-state index contributed by atoms with van der Waals surface area (Å²) in [6.07, 6.45) is 10.7. The van der Waals surface area contributed by atoms with Gasteiger partial charge >= 0.3 is 5.97 Å². The number of fused-ring (bicyclic) bond motifs is 8. The molecule has 1 aliphatic heterocycles. The number of hydrogen-bond donors (Lipinski definition) is 0. The van der Waals surface area contributed by atoms with Gasteiger partial charge in [0, 0.05) is 34.1 Å². The topological polar surface area (TPSA) is 65.5 Å². The molecule has 2 aromatic rings. The van der Waals surface area contributed by atoms with Gasteiger partial charge in [0.2, 0.25) is 0 Å².